The molecule has 7 heteroatoms. The molecule has 0 radical (unpaired) electrons. The number of benzene rings is 1. The molecule has 0 aromatic heterocycles. The summed E-state index contributed by atoms with van der Waals surface area (Å²) in [5.74, 6) is -0.308. The second-order valence-corrected chi connectivity index (χ2v) is 4.81. The van der Waals surface area contributed by atoms with Crippen LogP contribution >= 0.6 is 15.9 Å². The highest BCUT2D eigenvalue weighted by Gasteiger charge is 2.20. The molecule has 0 aliphatic heterocycles. The molecule has 1 rings (SSSR count). The zero-order chi connectivity index (χ0) is 15.1. The van der Waals surface area contributed by atoms with Crippen LogP contribution in [-0.2, 0) is 4.74 Å². The van der Waals surface area contributed by atoms with Gasteiger partial charge in [-0.15, -0.1) is 6.58 Å². The van der Waals surface area contributed by atoms with Gasteiger partial charge in [-0.3, -0.25) is 14.9 Å². The molecule has 0 fully saturated rings. The van der Waals surface area contributed by atoms with E-state index in [1.165, 1.54) is 23.1 Å². The smallest absolute Gasteiger partial charge is 0.270 e. The fourth-order valence-electron chi connectivity index (χ4n) is 1.59. The predicted molar refractivity (Wildman–Crippen MR) is 78.8 cm³/mol. The van der Waals surface area contributed by atoms with E-state index in [1.807, 2.05) is 0 Å². The van der Waals surface area contributed by atoms with Crippen LogP contribution in [0.2, 0.25) is 0 Å². The van der Waals surface area contributed by atoms with Gasteiger partial charge >= 0.3 is 0 Å². The van der Waals surface area contributed by atoms with Gasteiger partial charge in [0.15, 0.2) is 0 Å². The maximum atomic E-state index is 12.4. The summed E-state index contributed by atoms with van der Waals surface area (Å²) in [6, 6.07) is 4.09. The van der Waals surface area contributed by atoms with Crippen LogP contribution in [0.15, 0.2) is 35.3 Å². The van der Waals surface area contributed by atoms with E-state index in [9.17, 15) is 14.9 Å². The van der Waals surface area contributed by atoms with E-state index in [2.05, 4.69) is 22.5 Å². The van der Waals surface area contributed by atoms with Gasteiger partial charge in [0.05, 0.1) is 17.1 Å². The first-order valence-electron chi connectivity index (χ1n) is 5.84. The molecule has 108 valence electrons. The zero-order valence-electron chi connectivity index (χ0n) is 11.0. The lowest BCUT2D eigenvalue weighted by Crippen LogP contribution is -2.34. The predicted octanol–water partition coefficient (Wildman–Crippen LogP) is 2.63. The Morgan fingerprint density at radius 2 is 2.30 bits per heavy atom. The van der Waals surface area contributed by atoms with E-state index in [0.29, 0.717) is 24.2 Å². The van der Waals surface area contributed by atoms with Gasteiger partial charge in [0.1, 0.15) is 0 Å². The van der Waals surface area contributed by atoms with Crippen molar-refractivity contribution < 1.29 is 14.5 Å². The average molecular weight is 343 g/mol. The number of nitro groups is 1. The molecule has 0 N–H and O–H groups in total. The Morgan fingerprint density at radius 1 is 1.60 bits per heavy atom. The molecule has 0 bridgehead atoms. The molecule has 0 saturated carbocycles. The number of ether oxygens (including phenoxy) is 1. The fraction of sp³-hybridized carbons (Fsp3) is 0.308. The van der Waals surface area contributed by atoms with Crippen molar-refractivity contribution in [3.63, 3.8) is 0 Å². The van der Waals surface area contributed by atoms with Crippen molar-refractivity contribution in [2.24, 2.45) is 0 Å². The molecule has 0 spiro atoms. The summed E-state index contributed by atoms with van der Waals surface area (Å²) in [6.07, 6.45) is 1.60. The molecule has 20 heavy (non-hydrogen) atoms. The Kier molecular flexibility index (Phi) is 6.33. The van der Waals surface area contributed by atoms with Crippen LogP contribution < -0.4 is 0 Å². The van der Waals surface area contributed by atoms with Crippen LogP contribution in [0.1, 0.15) is 10.4 Å². The van der Waals surface area contributed by atoms with Gasteiger partial charge in [0.2, 0.25) is 0 Å². The second kappa shape index (κ2) is 7.76. The number of non-ortho nitro benzene ring substituents is 1. The third kappa shape index (κ3) is 4.14. The summed E-state index contributed by atoms with van der Waals surface area (Å²) in [7, 11) is 1.54. The van der Waals surface area contributed by atoms with Gasteiger partial charge in [-0.1, -0.05) is 6.08 Å². The Bertz CT molecular complexity index is 519. The minimum atomic E-state index is -0.532. The molecular weight excluding hydrogens is 328 g/mol. The fourth-order valence-corrected chi connectivity index (χ4v) is 2.01. The van der Waals surface area contributed by atoms with Gasteiger partial charge in [-0.05, 0) is 22.0 Å². The van der Waals surface area contributed by atoms with Crippen molar-refractivity contribution in [2.75, 3.05) is 26.8 Å². The van der Waals surface area contributed by atoms with Crippen LogP contribution in [0.3, 0.4) is 0 Å². The van der Waals surface area contributed by atoms with E-state index >= 15 is 0 Å². The summed E-state index contributed by atoms with van der Waals surface area (Å²) in [6.45, 7) is 4.71. The maximum Gasteiger partial charge on any atom is 0.270 e. The van der Waals surface area contributed by atoms with Crippen molar-refractivity contribution >= 4 is 27.5 Å². The van der Waals surface area contributed by atoms with Crippen LogP contribution in [0, 0.1) is 10.1 Å². The highest BCUT2D eigenvalue weighted by Crippen LogP contribution is 2.23. The molecule has 0 saturated heterocycles. The van der Waals surface area contributed by atoms with E-state index in [4.69, 9.17) is 4.74 Å². The zero-order valence-corrected chi connectivity index (χ0v) is 12.6. The molecule has 0 heterocycles. The maximum absolute atomic E-state index is 12.4. The van der Waals surface area contributed by atoms with Gasteiger partial charge in [0, 0.05) is 36.8 Å². The number of rotatable bonds is 7. The molecule has 0 aliphatic rings. The third-order valence-electron chi connectivity index (χ3n) is 2.59. The second-order valence-electron chi connectivity index (χ2n) is 3.95. The topological polar surface area (TPSA) is 72.7 Å². The highest BCUT2D eigenvalue weighted by molar-refractivity contribution is 9.10. The van der Waals surface area contributed by atoms with Gasteiger partial charge in [-0.2, -0.15) is 0 Å². The molecule has 1 aromatic rings. The minimum absolute atomic E-state index is 0.123. The van der Waals surface area contributed by atoms with E-state index < -0.39 is 4.92 Å². The highest BCUT2D eigenvalue weighted by atomic mass is 79.9. The van der Waals surface area contributed by atoms with E-state index in [0.717, 1.165) is 0 Å². The van der Waals surface area contributed by atoms with Gasteiger partial charge in [-0.25, -0.2) is 0 Å². The number of carbonyl (C=O) groups is 1. The number of hydrogen-bond acceptors (Lipinski definition) is 4. The average Bonchev–Trinajstić information content (AvgIpc) is 2.43. The molecule has 0 unspecified atom stereocenters. The number of nitro benzene ring substituents is 1. The summed E-state index contributed by atoms with van der Waals surface area (Å²) in [5.41, 5.74) is 0.124. The number of amides is 1. The Hall–Kier alpha value is -1.73. The van der Waals surface area contributed by atoms with Crippen molar-refractivity contribution in [3.05, 3.63) is 51.0 Å². The summed E-state index contributed by atoms with van der Waals surface area (Å²) < 4.78 is 5.46. The lowest BCUT2D eigenvalue weighted by molar-refractivity contribution is -0.384. The summed E-state index contributed by atoms with van der Waals surface area (Å²) >= 11 is 3.24. The van der Waals surface area contributed by atoms with Crippen molar-refractivity contribution in [1.82, 2.24) is 4.90 Å². The van der Waals surface area contributed by atoms with Crippen molar-refractivity contribution in [2.45, 2.75) is 0 Å². The Balaban J connectivity index is 3.06. The van der Waals surface area contributed by atoms with Crippen LogP contribution in [-0.4, -0.2) is 42.5 Å². The molecule has 6 nitrogen and oxygen atoms in total. The molecular formula is C13H15BrN2O4. The summed E-state index contributed by atoms with van der Waals surface area (Å²) in [4.78, 5) is 24.2. The lowest BCUT2D eigenvalue weighted by Gasteiger charge is -2.21. The van der Waals surface area contributed by atoms with Crippen molar-refractivity contribution in [3.8, 4) is 0 Å². The molecule has 1 amide bonds. The number of methoxy groups -OCH3 is 1. The minimum Gasteiger partial charge on any atom is -0.383 e. The Labute approximate surface area is 125 Å². The lowest BCUT2D eigenvalue weighted by atomic mass is 10.1. The normalized spacial score (nSPS) is 10.1. The molecule has 1 aromatic carbocycles. The quantitative estimate of drug-likeness (QED) is 0.433. The van der Waals surface area contributed by atoms with Crippen molar-refractivity contribution in [1.29, 1.82) is 0 Å². The number of carbonyl (C=O) groups excluding carboxylic acids is 1. The number of nitrogens with zero attached hydrogens (tertiary/aromatic N) is 2. The standard InChI is InChI=1S/C13H15BrN2O4/c1-3-6-15(7-8-20-2)13(17)11-9-10(16(18)19)4-5-12(11)14/h3-5,9H,1,6-8H2,2H3. The number of halogens is 1. The van der Waals surface area contributed by atoms with Crippen LogP contribution in [0.4, 0.5) is 5.69 Å². The van der Waals surface area contributed by atoms with E-state index in [1.54, 1.807) is 13.2 Å². The molecule has 0 atom stereocenters. The first-order valence-corrected chi connectivity index (χ1v) is 6.63. The monoisotopic (exact) mass is 342 g/mol. The SMILES string of the molecule is C=CCN(CCOC)C(=O)c1cc([N+](=O)[O-])ccc1Br. The Morgan fingerprint density at radius 3 is 2.85 bits per heavy atom. The van der Waals surface area contributed by atoms with E-state index in [-0.39, 0.29) is 17.2 Å². The first-order chi connectivity index (χ1) is 9.51. The number of hydrogen-bond donors (Lipinski definition) is 0. The summed E-state index contributed by atoms with van der Waals surface area (Å²) in [5, 5.41) is 10.8. The third-order valence-corrected chi connectivity index (χ3v) is 3.28. The van der Waals surface area contributed by atoms with Crippen LogP contribution in [0.25, 0.3) is 0 Å². The largest absolute Gasteiger partial charge is 0.383 e. The molecule has 0 aliphatic carbocycles. The van der Waals surface area contributed by atoms with Gasteiger partial charge < -0.3 is 9.64 Å². The van der Waals surface area contributed by atoms with Crippen LogP contribution in [0.5, 0.6) is 0 Å². The first kappa shape index (κ1) is 16.3. The van der Waals surface area contributed by atoms with Gasteiger partial charge in [0.25, 0.3) is 11.6 Å².